The van der Waals surface area contributed by atoms with Crippen molar-refractivity contribution in [2.24, 2.45) is 0 Å². The number of quaternary nitrogens is 1. The number of carbonyl (C=O) groups excluding carboxylic acids is 2. The molecule has 0 aromatic heterocycles. The summed E-state index contributed by atoms with van der Waals surface area (Å²) in [7, 11) is 5.91. The quantitative estimate of drug-likeness (QED) is 0.0211. The Hall–Kier alpha value is -5.09. The van der Waals surface area contributed by atoms with Crippen LogP contribution in [0, 0.1) is 0 Å². The number of likely N-dealkylation sites (N-methyl/N-ethyl adjacent to an activating group) is 1. The van der Waals surface area contributed by atoms with Gasteiger partial charge in [-0.05, 0) is 109 Å². The number of carboxylic acid groups (broad SMARTS) is 1. The van der Waals surface area contributed by atoms with Crippen LogP contribution in [0.2, 0.25) is 0 Å². The fourth-order valence-electron chi connectivity index (χ4n) is 5.90. The minimum atomic E-state index is -1.54. The van der Waals surface area contributed by atoms with Gasteiger partial charge in [0.2, 0.25) is 0 Å². The third-order valence-electron chi connectivity index (χ3n) is 9.79. The van der Waals surface area contributed by atoms with E-state index in [-0.39, 0.29) is 32.7 Å². The molecule has 0 aromatic rings. The second kappa shape index (κ2) is 49.3. The van der Waals surface area contributed by atoms with Crippen LogP contribution in [0.1, 0.15) is 142 Å². The maximum atomic E-state index is 12.8. The second-order valence-corrected chi connectivity index (χ2v) is 17.4. The Balaban J connectivity index is 4.45. The van der Waals surface area contributed by atoms with E-state index >= 15 is 0 Å². The molecule has 2 unspecified atom stereocenters. The molecule has 0 spiro atoms. The fraction of sp³-hybridized carbons (Fsp3) is 0.517. The molecule has 0 radical (unpaired) electrons. The molecule has 2 atom stereocenters. The number of esters is 2. The normalized spacial score (nSPS) is 14.2. The van der Waals surface area contributed by atoms with Crippen molar-refractivity contribution >= 4 is 17.9 Å². The first-order valence-electron chi connectivity index (χ1n) is 25.6. The van der Waals surface area contributed by atoms with Gasteiger partial charge >= 0.3 is 17.9 Å². The van der Waals surface area contributed by atoms with E-state index in [1.807, 2.05) is 33.3 Å². The molecule has 0 saturated carbocycles. The van der Waals surface area contributed by atoms with Crippen molar-refractivity contribution in [2.75, 3.05) is 47.5 Å². The van der Waals surface area contributed by atoms with Crippen molar-refractivity contribution in [1.29, 1.82) is 0 Å². The van der Waals surface area contributed by atoms with E-state index in [0.29, 0.717) is 23.9 Å². The van der Waals surface area contributed by atoms with Crippen molar-refractivity contribution in [3.05, 3.63) is 158 Å². The van der Waals surface area contributed by atoms with E-state index in [0.717, 1.165) is 103 Å². The number of carbonyl (C=O) groups is 3. The lowest BCUT2D eigenvalue weighted by Crippen LogP contribution is -2.40. The first-order chi connectivity index (χ1) is 33.6. The van der Waals surface area contributed by atoms with Crippen molar-refractivity contribution in [3.63, 3.8) is 0 Å². The third-order valence-corrected chi connectivity index (χ3v) is 9.79. The van der Waals surface area contributed by atoms with Gasteiger partial charge in [-0.1, -0.05) is 178 Å². The Morgan fingerprint density at radius 2 is 0.812 bits per heavy atom. The van der Waals surface area contributed by atoms with E-state index in [1.54, 1.807) is 0 Å². The zero-order valence-electron chi connectivity index (χ0n) is 43.4. The van der Waals surface area contributed by atoms with Gasteiger partial charge in [-0.3, -0.25) is 9.59 Å². The molecule has 0 amide bonds. The summed E-state index contributed by atoms with van der Waals surface area (Å²) in [4.78, 5) is 37.2. The molecule has 0 aromatic carbocycles. The van der Waals surface area contributed by atoms with Gasteiger partial charge in [-0.15, -0.1) is 0 Å². The van der Waals surface area contributed by atoms with E-state index in [9.17, 15) is 19.5 Å². The highest BCUT2D eigenvalue weighted by molar-refractivity contribution is 5.71. The van der Waals surface area contributed by atoms with Gasteiger partial charge in [0.05, 0.1) is 34.4 Å². The molecule has 69 heavy (non-hydrogen) atoms. The Morgan fingerprint density at radius 1 is 0.435 bits per heavy atom. The minimum absolute atomic E-state index is 0.160. The monoisotopic (exact) mass is 955 g/mol. The van der Waals surface area contributed by atoms with Crippen LogP contribution < -0.4 is 0 Å². The summed E-state index contributed by atoms with van der Waals surface area (Å²) in [5.41, 5.74) is 0. The van der Waals surface area contributed by atoms with Crippen molar-refractivity contribution < 1.29 is 42.9 Å². The van der Waals surface area contributed by atoms with Gasteiger partial charge in [0.15, 0.2) is 6.10 Å². The molecular formula is C60H92NO8+. The Kier molecular flexibility index (Phi) is 45.7. The maximum absolute atomic E-state index is 12.8. The van der Waals surface area contributed by atoms with Crippen LogP contribution in [0.15, 0.2) is 158 Å². The number of unbranched alkanes of at least 4 members (excludes halogenated alkanes) is 3. The summed E-state index contributed by atoms with van der Waals surface area (Å²) in [5, 5.41) is 9.65. The fourth-order valence-corrected chi connectivity index (χ4v) is 5.90. The second-order valence-electron chi connectivity index (χ2n) is 17.4. The van der Waals surface area contributed by atoms with Crippen LogP contribution in [0.25, 0.3) is 0 Å². The summed E-state index contributed by atoms with van der Waals surface area (Å²) in [6, 6.07) is 0. The van der Waals surface area contributed by atoms with Crippen molar-refractivity contribution in [2.45, 2.75) is 155 Å². The SMILES string of the molecule is CC/C=C\C/C=C\C/C=C\C/C=C\C/C=C\C/C=C\C/C=C\C/C=C\C/C=C\CCCCCC(=O)OC(COC(=O)CC/C=C\C/C=C\C/C=C\C/C=C\CC)COC(OCC[N+](C)(C)C)C(=O)O. The molecule has 0 fully saturated rings. The summed E-state index contributed by atoms with van der Waals surface area (Å²) in [6.45, 7) is 4.47. The van der Waals surface area contributed by atoms with Crippen LogP contribution in [0.4, 0.5) is 0 Å². The zero-order chi connectivity index (χ0) is 50.6. The largest absolute Gasteiger partial charge is 0.477 e. The first kappa shape index (κ1) is 63.9. The summed E-state index contributed by atoms with van der Waals surface area (Å²) >= 11 is 0. The number of hydrogen-bond acceptors (Lipinski definition) is 7. The van der Waals surface area contributed by atoms with Crippen LogP contribution >= 0.6 is 0 Å². The topological polar surface area (TPSA) is 108 Å². The molecule has 0 rings (SSSR count). The predicted octanol–water partition coefficient (Wildman–Crippen LogP) is 14.7. The average molecular weight is 955 g/mol. The van der Waals surface area contributed by atoms with Crippen molar-refractivity contribution in [1.82, 2.24) is 0 Å². The highest BCUT2D eigenvalue weighted by Crippen LogP contribution is 2.10. The number of nitrogens with zero attached hydrogens (tertiary/aromatic N) is 1. The van der Waals surface area contributed by atoms with Gasteiger partial charge < -0.3 is 28.5 Å². The third kappa shape index (κ3) is 50.6. The molecule has 0 aliphatic rings. The number of ether oxygens (including phenoxy) is 4. The highest BCUT2D eigenvalue weighted by Gasteiger charge is 2.25. The van der Waals surface area contributed by atoms with Crippen LogP contribution in [0.5, 0.6) is 0 Å². The van der Waals surface area contributed by atoms with Gasteiger partial charge in [-0.25, -0.2) is 4.79 Å². The minimum Gasteiger partial charge on any atom is -0.477 e. The van der Waals surface area contributed by atoms with Gasteiger partial charge in [0.25, 0.3) is 6.29 Å². The van der Waals surface area contributed by atoms with Crippen LogP contribution in [-0.4, -0.2) is 87.4 Å². The molecule has 0 bridgehead atoms. The molecular weight excluding hydrogens is 863 g/mol. The number of carboxylic acids is 1. The lowest BCUT2D eigenvalue weighted by molar-refractivity contribution is -0.870. The van der Waals surface area contributed by atoms with Crippen molar-refractivity contribution in [3.8, 4) is 0 Å². The average Bonchev–Trinajstić information content (AvgIpc) is 3.31. The first-order valence-corrected chi connectivity index (χ1v) is 25.6. The van der Waals surface area contributed by atoms with E-state index in [2.05, 4.69) is 160 Å². The number of rotatable bonds is 44. The summed E-state index contributed by atoms with van der Waals surface area (Å²) in [6.07, 6.45) is 70.6. The predicted molar refractivity (Wildman–Crippen MR) is 290 cm³/mol. The molecule has 9 nitrogen and oxygen atoms in total. The smallest absolute Gasteiger partial charge is 0.361 e. The summed E-state index contributed by atoms with van der Waals surface area (Å²) in [5.74, 6) is -2.19. The van der Waals surface area contributed by atoms with Gasteiger partial charge in [0, 0.05) is 12.8 Å². The molecule has 0 aliphatic heterocycles. The van der Waals surface area contributed by atoms with Gasteiger partial charge in [0.1, 0.15) is 13.2 Å². The van der Waals surface area contributed by atoms with E-state index in [4.69, 9.17) is 18.9 Å². The number of hydrogen-bond donors (Lipinski definition) is 1. The lowest BCUT2D eigenvalue weighted by atomic mass is 10.1. The molecule has 1 N–H and O–H groups in total. The number of aliphatic carboxylic acids is 1. The molecule has 384 valence electrons. The Labute approximate surface area is 419 Å². The van der Waals surface area contributed by atoms with Crippen LogP contribution in [0.3, 0.4) is 0 Å². The molecule has 0 heterocycles. The van der Waals surface area contributed by atoms with Crippen LogP contribution in [-0.2, 0) is 33.3 Å². The highest BCUT2D eigenvalue weighted by atomic mass is 16.7. The van der Waals surface area contributed by atoms with E-state index in [1.165, 1.54) is 0 Å². The lowest BCUT2D eigenvalue weighted by Gasteiger charge is -2.25. The maximum Gasteiger partial charge on any atom is 0.361 e. The van der Waals surface area contributed by atoms with E-state index < -0.39 is 30.3 Å². The Morgan fingerprint density at radius 3 is 1.19 bits per heavy atom. The zero-order valence-corrected chi connectivity index (χ0v) is 43.4. The Bertz CT molecular complexity index is 1680. The molecule has 0 saturated heterocycles. The van der Waals surface area contributed by atoms with Gasteiger partial charge in [-0.2, -0.15) is 0 Å². The summed E-state index contributed by atoms with van der Waals surface area (Å²) < 4.78 is 22.6. The number of allylic oxidation sites excluding steroid dienone is 26. The molecule has 9 heteroatoms. The standard InChI is InChI=1S/C60H91NO8/c1-6-8-10-12-14-16-18-20-21-22-23-24-25-26-27-28-29-30-31-32-33-34-35-36-37-39-41-43-45-47-49-51-58(63)69-56(55-68-60(59(64)65)66-53-52-61(3,4)5)54-67-57(62)50-48-46-44-42-40-38-19-17-15-13-11-9-7-2/h8-11,14-17,20-21,23-24,26-27,29-30,32-33,35-36,38-41,44,46,56,60H,6-7,12-13,18-19,22,25,28,31,34,37,42-43,45,47-55H2,1-5H3/p+1/b10-8-,11-9-,16-14-,17-15-,21-20-,24-23-,27-26-,30-29-,33-32-,36-35-,40-38-,41-39-,46-44-. The molecule has 0 aliphatic carbocycles.